The fraction of sp³-hybridized carbons (Fsp3) is 0.619. The molecular formula is C21H32O5. The third kappa shape index (κ3) is 4.33. The molecule has 0 aliphatic heterocycles. The Bertz CT molecular complexity index is 647. The van der Waals surface area contributed by atoms with Gasteiger partial charge < -0.3 is 15.3 Å². The van der Waals surface area contributed by atoms with E-state index in [1.807, 2.05) is 34.6 Å². The maximum absolute atomic E-state index is 12.9. The zero-order valence-electron chi connectivity index (χ0n) is 16.7. The summed E-state index contributed by atoms with van der Waals surface area (Å²) in [6.45, 7) is 10.9. The zero-order chi connectivity index (χ0) is 20.2. The van der Waals surface area contributed by atoms with E-state index < -0.39 is 40.9 Å². The van der Waals surface area contributed by atoms with Gasteiger partial charge in [0.2, 0.25) is 0 Å². The van der Waals surface area contributed by atoms with Gasteiger partial charge in [-0.1, -0.05) is 37.1 Å². The molecule has 1 aliphatic carbocycles. The van der Waals surface area contributed by atoms with E-state index in [4.69, 9.17) is 0 Å². The standard InChI is InChI=1S/C21H32O5/c1-7-14(6)18(23)17-19(24)15(10-8-12(2)3)21(26,20(17)25)16(22)11-9-13(4)5/h8-9,14-16,22,25-26H,7,10-11H2,1-6H3/t14?,15-,16?,21+/m1/s1. The SMILES string of the molecule is CCC(C)C(=O)C1=C(O)[C@@](O)(C(O)CC=C(C)C)[C@H](CC=C(C)C)C1=O. The second kappa shape index (κ2) is 8.78. The Morgan fingerprint density at radius 2 is 1.73 bits per heavy atom. The quantitative estimate of drug-likeness (QED) is 0.453. The number of Topliss-reactive ketones (excluding diaryl/α,β-unsaturated/α-hetero) is 2. The largest absolute Gasteiger partial charge is 0.508 e. The molecule has 0 bridgehead atoms. The van der Waals surface area contributed by atoms with E-state index in [2.05, 4.69) is 0 Å². The molecule has 0 radical (unpaired) electrons. The number of carbonyl (C=O) groups is 2. The first-order chi connectivity index (χ1) is 12.0. The molecule has 0 saturated heterocycles. The Kier molecular flexibility index (Phi) is 7.54. The number of ketones is 2. The lowest BCUT2D eigenvalue weighted by Gasteiger charge is -2.33. The number of hydrogen-bond acceptors (Lipinski definition) is 5. The molecule has 0 saturated carbocycles. The van der Waals surface area contributed by atoms with E-state index in [0.717, 1.165) is 11.1 Å². The van der Waals surface area contributed by atoms with Crippen molar-refractivity contribution in [1.29, 1.82) is 0 Å². The number of carbonyl (C=O) groups excluding carboxylic acids is 2. The summed E-state index contributed by atoms with van der Waals surface area (Å²) in [5, 5.41) is 32.4. The summed E-state index contributed by atoms with van der Waals surface area (Å²) < 4.78 is 0. The summed E-state index contributed by atoms with van der Waals surface area (Å²) in [4.78, 5) is 25.5. The van der Waals surface area contributed by atoms with Gasteiger partial charge in [0.25, 0.3) is 0 Å². The van der Waals surface area contributed by atoms with Crippen molar-refractivity contribution in [1.82, 2.24) is 0 Å². The first kappa shape index (κ1) is 22.3. The highest BCUT2D eigenvalue weighted by Crippen LogP contribution is 2.43. The topological polar surface area (TPSA) is 94.8 Å². The predicted octanol–water partition coefficient (Wildman–Crippen LogP) is 3.42. The highest BCUT2D eigenvalue weighted by molar-refractivity contribution is 6.24. The molecule has 0 fully saturated rings. The smallest absolute Gasteiger partial charge is 0.176 e. The minimum Gasteiger partial charge on any atom is -0.508 e. The maximum atomic E-state index is 12.9. The van der Waals surface area contributed by atoms with Crippen molar-refractivity contribution in [2.75, 3.05) is 0 Å². The molecule has 0 amide bonds. The molecule has 0 aromatic heterocycles. The average Bonchev–Trinajstić information content (AvgIpc) is 2.76. The third-order valence-corrected chi connectivity index (χ3v) is 5.04. The van der Waals surface area contributed by atoms with Gasteiger partial charge in [0.05, 0.1) is 12.0 Å². The van der Waals surface area contributed by atoms with Crippen molar-refractivity contribution in [2.24, 2.45) is 11.8 Å². The van der Waals surface area contributed by atoms with E-state index in [0.29, 0.717) is 6.42 Å². The molecule has 1 aliphatic rings. The molecule has 5 heteroatoms. The van der Waals surface area contributed by atoms with Gasteiger partial charge in [-0.25, -0.2) is 0 Å². The van der Waals surface area contributed by atoms with E-state index in [1.165, 1.54) is 0 Å². The summed E-state index contributed by atoms with van der Waals surface area (Å²) >= 11 is 0. The summed E-state index contributed by atoms with van der Waals surface area (Å²) in [6.07, 6.45) is 2.84. The minimum absolute atomic E-state index is 0.0757. The van der Waals surface area contributed by atoms with Gasteiger partial charge in [-0.05, 0) is 47.0 Å². The van der Waals surface area contributed by atoms with Crippen molar-refractivity contribution in [3.05, 3.63) is 34.6 Å². The molecule has 1 rings (SSSR count). The Balaban J connectivity index is 3.43. The number of aliphatic hydroxyl groups excluding tert-OH is 2. The van der Waals surface area contributed by atoms with E-state index in [-0.39, 0.29) is 18.4 Å². The van der Waals surface area contributed by atoms with Crippen LogP contribution < -0.4 is 0 Å². The van der Waals surface area contributed by atoms with Crippen molar-refractivity contribution in [2.45, 2.75) is 72.5 Å². The van der Waals surface area contributed by atoms with E-state index in [9.17, 15) is 24.9 Å². The van der Waals surface area contributed by atoms with Crippen LogP contribution in [0.3, 0.4) is 0 Å². The van der Waals surface area contributed by atoms with Crippen molar-refractivity contribution in [3.8, 4) is 0 Å². The summed E-state index contributed by atoms with van der Waals surface area (Å²) in [5.41, 5.74) is -0.629. The predicted molar refractivity (Wildman–Crippen MR) is 102 cm³/mol. The van der Waals surface area contributed by atoms with Crippen molar-refractivity contribution in [3.63, 3.8) is 0 Å². The number of hydrogen-bond donors (Lipinski definition) is 3. The number of allylic oxidation sites excluding steroid dienone is 4. The highest BCUT2D eigenvalue weighted by Gasteiger charge is 2.58. The van der Waals surface area contributed by atoms with E-state index >= 15 is 0 Å². The molecule has 0 aromatic rings. The minimum atomic E-state index is -2.16. The van der Waals surface area contributed by atoms with Crippen molar-refractivity contribution >= 4 is 11.6 Å². The third-order valence-electron chi connectivity index (χ3n) is 5.04. The average molecular weight is 364 g/mol. The van der Waals surface area contributed by atoms with Gasteiger partial charge in [-0.2, -0.15) is 0 Å². The lowest BCUT2D eigenvalue weighted by molar-refractivity contribution is -0.134. The fourth-order valence-electron chi connectivity index (χ4n) is 3.08. The van der Waals surface area contributed by atoms with Crippen LogP contribution in [0.5, 0.6) is 0 Å². The zero-order valence-corrected chi connectivity index (χ0v) is 16.7. The molecule has 0 heterocycles. The van der Waals surface area contributed by atoms with Gasteiger partial charge in [-0.3, -0.25) is 9.59 Å². The summed E-state index contributed by atoms with van der Waals surface area (Å²) in [7, 11) is 0. The molecule has 146 valence electrons. The van der Waals surface area contributed by atoms with Crippen LogP contribution in [0.2, 0.25) is 0 Å². The molecule has 2 unspecified atom stereocenters. The van der Waals surface area contributed by atoms with Gasteiger partial charge >= 0.3 is 0 Å². The number of rotatable bonds is 8. The summed E-state index contributed by atoms with van der Waals surface area (Å²) in [6, 6.07) is 0. The Morgan fingerprint density at radius 1 is 1.19 bits per heavy atom. The molecule has 0 aromatic carbocycles. The molecule has 0 spiro atoms. The number of aliphatic hydroxyl groups is 3. The first-order valence-electron chi connectivity index (χ1n) is 9.17. The van der Waals surface area contributed by atoms with Crippen LogP contribution in [-0.4, -0.2) is 38.6 Å². The lowest BCUT2D eigenvalue weighted by atomic mass is 9.80. The van der Waals surface area contributed by atoms with Crippen LogP contribution in [-0.2, 0) is 9.59 Å². The van der Waals surface area contributed by atoms with Crippen molar-refractivity contribution < 1.29 is 24.9 Å². The Labute approximate surface area is 156 Å². The summed E-state index contributed by atoms with van der Waals surface area (Å²) in [5.74, 6) is -3.29. The van der Waals surface area contributed by atoms with Gasteiger partial charge in [0.1, 0.15) is 11.3 Å². The lowest BCUT2D eigenvalue weighted by Crippen LogP contribution is -2.49. The monoisotopic (exact) mass is 364 g/mol. The van der Waals surface area contributed by atoms with E-state index in [1.54, 1.807) is 19.1 Å². The Hall–Kier alpha value is -1.72. The molecular weight excluding hydrogens is 332 g/mol. The molecule has 26 heavy (non-hydrogen) atoms. The van der Waals surface area contributed by atoms with Crippen LogP contribution >= 0.6 is 0 Å². The van der Waals surface area contributed by atoms with Crippen LogP contribution in [0.25, 0.3) is 0 Å². The molecule has 5 nitrogen and oxygen atoms in total. The normalized spacial score (nSPS) is 25.1. The van der Waals surface area contributed by atoms with Crippen LogP contribution in [0.1, 0.15) is 60.8 Å². The second-order valence-corrected chi connectivity index (χ2v) is 7.69. The first-order valence-corrected chi connectivity index (χ1v) is 9.17. The van der Waals surface area contributed by atoms with Crippen LogP contribution in [0, 0.1) is 11.8 Å². The second-order valence-electron chi connectivity index (χ2n) is 7.69. The fourth-order valence-corrected chi connectivity index (χ4v) is 3.08. The maximum Gasteiger partial charge on any atom is 0.176 e. The Morgan fingerprint density at radius 3 is 2.19 bits per heavy atom. The van der Waals surface area contributed by atoms with Gasteiger partial charge in [0, 0.05) is 5.92 Å². The molecule has 3 N–H and O–H groups in total. The molecule has 4 atom stereocenters. The van der Waals surface area contributed by atoms with Gasteiger partial charge in [-0.15, -0.1) is 0 Å². The highest BCUT2D eigenvalue weighted by atomic mass is 16.4. The van der Waals surface area contributed by atoms with Crippen LogP contribution in [0.4, 0.5) is 0 Å². The van der Waals surface area contributed by atoms with Gasteiger partial charge in [0.15, 0.2) is 17.2 Å². The van der Waals surface area contributed by atoms with Crippen LogP contribution in [0.15, 0.2) is 34.6 Å².